The summed E-state index contributed by atoms with van der Waals surface area (Å²) in [6, 6.07) is 0. The first kappa shape index (κ1) is 21.8. The molecule has 3 nitrogen and oxygen atoms in total. The number of unbranched alkanes of at least 4 members (excludes halogenated alkanes) is 6. The van der Waals surface area contributed by atoms with Gasteiger partial charge in [0.25, 0.3) is 0 Å². The van der Waals surface area contributed by atoms with Gasteiger partial charge in [0.2, 0.25) is 0 Å². The number of alkyl halides is 2. The number of methoxy groups -OCH3 is 2. The molecule has 0 saturated carbocycles. The molecule has 21 heavy (non-hydrogen) atoms. The average Bonchev–Trinajstić information content (AvgIpc) is 2.51. The van der Waals surface area contributed by atoms with Crippen molar-refractivity contribution in [1.82, 2.24) is 0 Å². The van der Waals surface area contributed by atoms with E-state index in [4.69, 9.17) is 14.2 Å². The van der Waals surface area contributed by atoms with Gasteiger partial charge in [0, 0.05) is 24.9 Å². The van der Waals surface area contributed by atoms with Gasteiger partial charge in [0.05, 0.1) is 0 Å². The molecule has 128 valence electrons. The Morgan fingerprint density at radius 3 is 1.33 bits per heavy atom. The van der Waals surface area contributed by atoms with Crippen LogP contribution in [-0.4, -0.2) is 37.5 Å². The molecular formula is C16H32Br2O3. The first-order chi connectivity index (χ1) is 10.3. The number of halogens is 2. The lowest BCUT2D eigenvalue weighted by Crippen LogP contribution is -2.25. The Hall–Kier alpha value is 0.840. The van der Waals surface area contributed by atoms with Gasteiger partial charge in [-0.3, -0.25) is 0 Å². The summed E-state index contributed by atoms with van der Waals surface area (Å²) in [4.78, 5) is 0. The molecule has 0 rings (SSSR count). The van der Waals surface area contributed by atoms with E-state index in [2.05, 4.69) is 31.9 Å². The molecular weight excluding hydrogens is 400 g/mol. The molecule has 2 atom stereocenters. The van der Waals surface area contributed by atoms with Crippen molar-refractivity contribution in [2.24, 2.45) is 0 Å². The van der Waals surface area contributed by atoms with Crippen LogP contribution in [0.3, 0.4) is 0 Å². The fourth-order valence-electron chi connectivity index (χ4n) is 2.17. The molecule has 0 radical (unpaired) electrons. The highest BCUT2D eigenvalue weighted by Crippen LogP contribution is 2.15. The molecule has 0 saturated heterocycles. The Bertz CT molecular complexity index is 186. The van der Waals surface area contributed by atoms with Crippen LogP contribution in [0.25, 0.3) is 0 Å². The topological polar surface area (TPSA) is 27.7 Å². The molecule has 0 aromatic carbocycles. The van der Waals surface area contributed by atoms with Gasteiger partial charge in [0.1, 0.15) is 0 Å². The third-order valence-corrected chi connectivity index (χ3v) is 4.60. The summed E-state index contributed by atoms with van der Waals surface area (Å²) >= 11 is 6.91. The van der Waals surface area contributed by atoms with Gasteiger partial charge < -0.3 is 14.2 Å². The molecule has 0 amide bonds. The van der Waals surface area contributed by atoms with Crippen molar-refractivity contribution >= 4 is 31.9 Å². The second kappa shape index (κ2) is 17.2. The highest BCUT2D eigenvalue weighted by molar-refractivity contribution is 9.09. The zero-order valence-electron chi connectivity index (χ0n) is 13.6. The largest absolute Gasteiger partial charge is 0.356 e. The van der Waals surface area contributed by atoms with Crippen molar-refractivity contribution in [3.8, 4) is 0 Å². The van der Waals surface area contributed by atoms with Crippen LogP contribution in [0, 0.1) is 0 Å². The Labute approximate surface area is 147 Å². The van der Waals surface area contributed by atoms with Gasteiger partial charge >= 0.3 is 0 Å². The molecule has 0 heterocycles. The molecule has 5 heteroatoms. The van der Waals surface area contributed by atoms with E-state index in [0.29, 0.717) is 0 Å². The fraction of sp³-hybridized carbons (Fsp3) is 1.00. The average molecular weight is 432 g/mol. The summed E-state index contributed by atoms with van der Waals surface area (Å²) in [5.74, 6) is 0. The summed E-state index contributed by atoms with van der Waals surface area (Å²) < 4.78 is 16.7. The Morgan fingerprint density at radius 2 is 1.00 bits per heavy atom. The van der Waals surface area contributed by atoms with Crippen molar-refractivity contribution < 1.29 is 14.2 Å². The number of rotatable bonds is 16. The Morgan fingerprint density at radius 1 is 0.619 bits per heavy atom. The first-order valence-corrected chi connectivity index (χ1v) is 10.4. The van der Waals surface area contributed by atoms with Crippen molar-refractivity contribution in [1.29, 1.82) is 0 Å². The van der Waals surface area contributed by atoms with Gasteiger partial charge in [-0.15, -0.1) is 0 Å². The zero-order valence-corrected chi connectivity index (χ0v) is 16.8. The Balaban J connectivity index is 3.73. The van der Waals surface area contributed by atoms with Crippen LogP contribution >= 0.6 is 31.9 Å². The van der Waals surface area contributed by atoms with Crippen molar-refractivity contribution in [3.05, 3.63) is 0 Å². The van der Waals surface area contributed by atoms with Gasteiger partial charge in [-0.25, -0.2) is 0 Å². The summed E-state index contributed by atoms with van der Waals surface area (Å²) in [7, 11) is 3.43. The minimum Gasteiger partial charge on any atom is -0.356 e. The van der Waals surface area contributed by atoms with E-state index in [1.165, 1.54) is 38.5 Å². The lowest BCUT2D eigenvalue weighted by Gasteiger charge is -2.23. The van der Waals surface area contributed by atoms with Crippen molar-refractivity contribution in [3.63, 3.8) is 0 Å². The maximum Gasteiger partial charge on any atom is 0.160 e. The normalized spacial score (nSPS) is 14.3. The third kappa shape index (κ3) is 14.2. The van der Waals surface area contributed by atoms with Crippen LogP contribution in [0.5, 0.6) is 0 Å². The number of ether oxygens (including phenoxy) is 3. The van der Waals surface area contributed by atoms with E-state index in [1.807, 2.05) is 0 Å². The molecule has 0 aromatic rings. The molecule has 0 fully saturated rings. The lowest BCUT2D eigenvalue weighted by atomic mass is 10.1. The van der Waals surface area contributed by atoms with Crippen LogP contribution in [-0.2, 0) is 14.2 Å². The predicted octanol–water partition coefficient (Wildman–Crippen LogP) is 5.64. The lowest BCUT2D eigenvalue weighted by molar-refractivity contribution is -0.233. The smallest absolute Gasteiger partial charge is 0.160 e. The molecule has 0 aliphatic carbocycles. The highest BCUT2D eigenvalue weighted by atomic mass is 79.9. The van der Waals surface area contributed by atoms with Crippen LogP contribution in [0.4, 0.5) is 0 Å². The monoisotopic (exact) mass is 430 g/mol. The van der Waals surface area contributed by atoms with E-state index in [-0.39, 0.29) is 12.6 Å². The highest BCUT2D eigenvalue weighted by Gasteiger charge is 2.15. The quantitative estimate of drug-likeness (QED) is 0.180. The SMILES string of the molecule is COC(CCCCCCBr)OC(CCCCCCBr)OC. The van der Waals surface area contributed by atoms with E-state index in [1.54, 1.807) is 14.2 Å². The Kier molecular flexibility index (Phi) is 17.9. The molecule has 0 N–H and O–H groups in total. The fourth-order valence-corrected chi connectivity index (χ4v) is 2.96. The number of hydrogen-bond acceptors (Lipinski definition) is 3. The standard InChI is InChI=1S/C16H32Br2O3/c1-19-15(11-7-3-5-9-13-17)21-16(20-2)12-8-4-6-10-14-18/h15-16H,3-14H2,1-2H3. The van der Waals surface area contributed by atoms with Gasteiger partial charge in [-0.1, -0.05) is 57.5 Å². The van der Waals surface area contributed by atoms with Crippen LogP contribution < -0.4 is 0 Å². The molecule has 0 aromatic heterocycles. The van der Waals surface area contributed by atoms with Gasteiger partial charge in [-0.05, 0) is 38.5 Å². The minimum atomic E-state index is -0.138. The van der Waals surface area contributed by atoms with Gasteiger partial charge in [0.15, 0.2) is 12.6 Å². The van der Waals surface area contributed by atoms with E-state index < -0.39 is 0 Å². The van der Waals surface area contributed by atoms with Crippen LogP contribution in [0.15, 0.2) is 0 Å². The summed E-state index contributed by atoms with van der Waals surface area (Å²) in [5.41, 5.74) is 0. The molecule has 2 unspecified atom stereocenters. The van der Waals surface area contributed by atoms with Crippen LogP contribution in [0.2, 0.25) is 0 Å². The zero-order chi connectivity index (χ0) is 15.8. The summed E-state index contributed by atoms with van der Waals surface area (Å²) in [6.07, 6.45) is 11.4. The molecule has 0 spiro atoms. The van der Waals surface area contributed by atoms with Gasteiger partial charge in [-0.2, -0.15) is 0 Å². The second-order valence-electron chi connectivity index (χ2n) is 5.25. The maximum absolute atomic E-state index is 5.90. The first-order valence-electron chi connectivity index (χ1n) is 8.11. The third-order valence-electron chi connectivity index (χ3n) is 3.48. The van der Waals surface area contributed by atoms with Crippen molar-refractivity contribution in [2.45, 2.75) is 76.8 Å². The predicted molar refractivity (Wildman–Crippen MR) is 96.4 cm³/mol. The number of hydrogen-bond donors (Lipinski definition) is 0. The van der Waals surface area contributed by atoms with E-state index >= 15 is 0 Å². The van der Waals surface area contributed by atoms with Crippen LogP contribution in [0.1, 0.15) is 64.2 Å². The van der Waals surface area contributed by atoms with E-state index in [9.17, 15) is 0 Å². The maximum atomic E-state index is 5.90. The molecule has 0 bridgehead atoms. The minimum absolute atomic E-state index is 0.138. The van der Waals surface area contributed by atoms with Crippen molar-refractivity contribution in [2.75, 3.05) is 24.9 Å². The summed E-state index contributed by atoms with van der Waals surface area (Å²) in [5, 5.41) is 2.19. The second-order valence-corrected chi connectivity index (χ2v) is 6.84. The summed E-state index contributed by atoms with van der Waals surface area (Å²) in [6.45, 7) is 0. The molecule has 0 aliphatic rings. The van der Waals surface area contributed by atoms with E-state index in [0.717, 1.165) is 36.3 Å². The molecule has 0 aliphatic heterocycles.